The number of benzene rings is 1. The van der Waals surface area contributed by atoms with Gasteiger partial charge >= 0.3 is 0 Å². The smallest absolute Gasteiger partial charge is 0.243 e. The number of hydrogen-bond acceptors (Lipinski definition) is 3. The fraction of sp³-hybridized carbons (Fsp3) is 0.600. The van der Waals surface area contributed by atoms with E-state index in [1.54, 1.807) is 17.3 Å². The number of hydrogen-bond donors (Lipinski definition) is 1. The monoisotopic (exact) mass is 330 g/mol. The molecule has 6 heteroatoms. The number of aryl methyl sites for hydroxylation is 1. The van der Waals surface area contributed by atoms with E-state index in [4.69, 9.17) is 17.3 Å². The van der Waals surface area contributed by atoms with E-state index < -0.39 is 10.0 Å². The van der Waals surface area contributed by atoms with E-state index in [9.17, 15) is 8.42 Å². The van der Waals surface area contributed by atoms with Crippen LogP contribution in [0.3, 0.4) is 0 Å². The van der Waals surface area contributed by atoms with Gasteiger partial charge in [-0.2, -0.15) is 4.31 Å². The molecule has 0 aliphatic carbocycles. The molecule has 2 rings (SSSR count). The van der Waals surface area contributed by atoms with Crippen LogP contribution >= 0.6 is 11.6 Å². The molecule has 118 valence electrons. The Balaban J connectivity index is 2.22. The van der Waals surface area contributed by atoms with E-state index >= 15 is 0 Å². The van der Waals surface area contributed by atoms with E-state index in [1.165, 1.54) is 12.5 Å². The summed E-state index contributed by atoms with van der Waals surface area (Å²) < 4.78 is 27.1. The third-order valence-corrected chi connectivity index (χ3v) is 6.55. The Bertz CT molecular complexity index is 608. The van der Waals surface area contributed by atoms with E-state index in [2.05, 4.69) is 6.92 Å². The lowest BCUT2D eigenvalue weighted by Gasteiger charge is -2.31. The minimum Gasteiger partial charge on any atom is -0.397 e. The molecular weight excluding hydrogens is 308 g/mol. The standard InChI is InChI=1S/C15H23ClN2O2S/c1-3-4-12-5-7-18(8-6-12)21(19,20)15-10-14(17)13(16)9-11(15)2/h9-10,12H,3-8,17H2,1-2H3. The molecule has 0 spiro atoms. The average Bonchev–Trinajstić information content (AvgIpc) is 2.43. The minimum absolute atomic E-state index is 0.276. The number of sulfonamides is 1. The first-order valence-electron chi connectivity index (χ1n) is 7.42. The van der Waals surface area contributed by atoms with Gasteiger partial charge in [0, 0.05) is 13.1 Å². The van der Waals surface area contributed by atoms with Crippen LogP contribution in [0.5, 0.6) is 0 Å². The maximum absolute atomic E-state index is 12.8. The quantitative estimate of drug-likeness (QED) is 0.860. The van der Waals surface area contributed by atoms with Gasteiger partial charge in [0.2, 0.25) is 10.0 Å². The highest BCUT2D eigenvalue weighted by molar-refractivity contribution is 7.89. The van der Waals surface area contributed by atoms with Crippen molar-refractivity contribution in [2.45, 2.75) is 44.4 Å². The first-order chi connectivity index (χ1) is 9.86. The first kappa shape index (κ1) is 16.6. The molecule has 2 N–H and O–H groups in total. The molecule has 1 aromatic rings. The molecular formula is C15H23ClN2O2S. The van der Waals surface area contributed by atoms with Crippen molar-refractivity contribution in [1.29, 1.82) is 0 Å². The number of nitrogen functional groups attached to an aromatic ring is 1. The summed E-state index contributed by atoms with van der Waals surface area (Å²) in [6, 6.07) is 3.10. The number of piperidine rings is 1. The number of anilines is 1. The molecule has 1 heterocycles. The Hall–Kier alpha value is -0.780. The van der Waals surface area contributed by atoms with Crippen molar-refractivity contribution in [3.63, 3.8) is 0 Å². The van der Waals surface area contributed by atoms with Crippen molar-refractivity contribution >= 4 is 27.3 Å². The summed E-state index contributed by atoms with van der Waals surface area (Å²) >= 11 is 5.94. The predicted octanol–water partition coefficient (Wildman–Crippen LogP) is 3.43. The lowest BCUT2D eigenvalue weighted by atomic mass is 9.94. The Morgan fingerprint density at radius 1 is 1.33 bits per heavy atom. The van der Waals surface area contributed by atoms with E-state index in [0.29, 0.717) is 35.3 Å². The third-order valence-electron chi connectivity index (χ3n) is 4.18. The summed E-state index contributed by atoms with van der Waals surface area (Å²) in [5.41, 5.74) is 6.71. The molecule has 0 saturated carbocycles. The summed E-state index contributed by atoms with van der Waals surface area (Å²) in [6.07, 6.45) is 4.22. The summed E-state index contributed by atoms with van der Waals surface area (Å²) in [5.74, 6) is 0.651. The number of nitrogens with two attached hydrogens (primary N) is 1. The van der Waals surface area contributed by atoms with Crippen LogP contribution in [-0.4, -0.2) is 25.8 Å². The van der Waals surface area contributed by atoms with Gasteiger partial charge in [-0.05, 0) is 43.4 Å². The van der Waals surface area contributed by atoms with Crippen LogP contribution < -0.4 is 5.73 Å². The summed E-state index contributed by atoms with van der Waals surface area (Å²) in [4.78, 5) is 0.276. The molecule has 0 bridgehead atoms. The van der Waals surface area contributed by atoms with Gasteiger partial charge in [-0.1, -0.05) is 31.4 Å². The van der Waals surface area contributed by atoms with Crippen LogP contribution in [0.25, 0.3) is 0 Å². The SMILES string of the molecule is CCCC1CCN(S(=O)(=O)c2cc(N)c(Cl)cc2C)CC1. The maximum Gasteiger partial charge on any atom is 0.243 e. The number of nitrogens with zero attached hydrogens (tertiary/aromatic N) is 1. The number of rotatable bonds is 4. The second kappa shape index (κ2) is 6.55. The highest BCUT2D eigenvalue weighted by Crippen LogP contribution is 2.31. The van der Waals surface area contributed by atoms with Crippen molar-refractivity contribution < 1.29 is 8.42 Å². The van der Waals surface area contributed by atoms with Crippen LogP contribution in [-0.2, 0) is 10.0 Å². The summed E-state index contributed by atoms with van der Waals surface area (Å²) in [5, 5.41) is 0.396. The van der Waals surface area contributed by atoms with Gasteiger partial charge in [0.05, 0.1) is 15.6 Å². The fourth-order valence-corrected chi connectivity index (χ4v) is 4.86. The van der Waals surface area contributed by atoms with Crippen LogP contribution in [0.1, 0.15) is 38.2 Å². The van der Waals surface area contributed by atoms with E-state index in [1.807, 2.05) is 0 Å². The zero-order valence-electron chi connectivity index (χ0n) is 12.6. The molecule has 1 aliphatic rings. The van der Waals surface area contributed by atoms with Crippen molar-refractivity contribution in [2.24, 2.45) is 5.92 Å². The second-order valence-corrected chi connectivity index (χ2v) is 8.09. The molecule has 0 aromatic heterocycles. The largest absolute Gasteiger partial charge is 0.397 e. The Kier molecular flexibility index (Phi) is 5.17. The van der Waals surface area contributed by atoms with Crippen LogP contribution in [0, 0.1) is 12.8 Å². The van der Waals surface area contributed by atoms with Gasteiger partial charge in [-0.3, -0.25) is 0 Å². The van der Waals surface area contributed by atoms with Gasteiger partial charge in [-0.15, -0.1) is 0 Å². The van der Waals surface area contributed by atoms with Crippen LogP contribution in [0.15, 0.2) is 17.0 Å². The van der Waals surface area contributed by atoms with Crippen LogP contribution in [0.2, 0.25) is 5.02 Å². The Morgan fingerprint density at radius 2 is 1.95 bits per heavy atom. The number of halogens is 1. The zero-order valence-corrected chi connectivity index (χ0v) is 14.2. The predicted molar refractivity (Wildman–Crippen MR) is 87.0 cm³/mol. The molecule has 0 atom stereocenters. The van der Waals surface area contributed by atoms with E-state index in [0.717, 1.165) is 19.3 Å². The molecule has 21 heavy (non-hydrogen) atoms. The lowest BCUT2D eigenvalue weighted by Crippen LogP contribution is -2.38. The first-order valence-corrected chi connectivity index (χ1v) is 9.23. The van der Waals surface area contributed by atoms with Crippen molar-refractivity contribution in [3.05, 3.63) is 22.7 Å². The third kappa shape index (κ3) is 3.52. The van der Waals surface area contributed by atoms with Gasteiger partial charge in [0.15, 0.2) is 0 Å². The normalized spacial score (nSPS) is 18.0. The van der Waals surface area contributed by atoms with Crippen LogP contribution in [0.4, 0.5) is 5.69 Å². The highest BCUT2D eigenvalue weighted by Gasteiger charge is 2.30. The average molecular weight is 331 g/mol. The van der Waals surface area contributed by atoms with Gasteiger partial charge in [0.1, 0.15) is 0 Å². The molecule has 1 saturated heterocycles. The lowest BCUT2D eigenvalue weighted by molar-refractivity contribution is 0.262. The summed E-state index contributed by atoms with van der Waals surface area (Å²) in [6.45, 7) is 5.11. The Morgan fingerprint density at radius 3 is 2.52 bits per heavy atom. The molecule has 1 aromatic carbocycles. The topological polar surface area (TPSA) is 63.4 Å². The minimum atomic E-state index is -3.48. The van der Waals surface area contributed by atoms with Crippen molar-refractivity contribution in [1.82, 2.24) is 4.31 Å². The maximum atomic E-state index is 12.8. The highest BCUT2D eigenvalue weighted by atomic mass is 35.5. The van der Waals surface area contributed by atoms with Gasteiger partial charge in [0.25, 0.3) is 0 Å². The van der Waals surface area contributed by atoms with Crippen molar-refractivity contribution in [3.8, 4) is 0 Å². The van der Waals surface area contributed by atoms with Gasteiger partial charge < -0.3 is 5.73 Å². The Labute approximate surface area is 132 Å². The second-order valence-electron chi connectivity index (χ2n) is 5.78. The zero-order chi connectivity index (χ0) is 15.6. The van der Waals surface area contributed by atoms with E-state index in [-0.39, 0.29) is 4.90 Å². The van der Waals surface area contributed by atoms with Crippen molar-refractivity contribution in [2.75, 3.05) is 18.8 Å². The molecule has 1 aliphatic heterocycles. The molecule has 0 amide bonds. The molecule has 0 unspecified atom stereocenters. The summed E-state index contributed by atoms with van der Waals surface area (Å²) in [7, 11) is -3.48. The van der Waals surface area contributed by atoms with Gasteiger partial charge in [-0.25, -0.2) is 8.42 Å². The fourth-order valence-electron chi connectivity index (χ4n) is 2.93. The molecule has 0 radical (unpaired) electrons. The molecule has 1 fully saturated rings. The molecule has 4 nitrogen and oxygen atoms in total.